The zero-order valence-electron chi connectivity index (χ0n) is 12.8. The van der Waals surface area contributed by atoms with Gasteiger partial charge in [-0.05, 0) is 34.1 Å². The van der Waals surface area contributed by atoms with E-state index in [0.29, 0.717) is 18.5 Å². The molecule has 1 aromatic heterocycles. The van der Waals surface area contributed by atoms with Crippen molar-refractivity contribution in [1.82, 2.24) is 14.7 Å². The highest BCUT2D eigenvalue weighted by molar-refractivity contribution is 5.94. The fourth-order valence-electron chi connectivity index (χ4n) is 2.07. The Morgan fingerprint density at radius 2 is 2.00 bits per heavy atom. The second kappa shape index (κ2) is 6.07. The number of nitrogens with zero attached hydrogens (tertiary/aromatic N) is 3. The molecule has 0 aliphatic heterocycles. The maximum atomic E-state index is 12.3. The Morgan fingerprint density at radius 1 is 1.40 bits per heavy atom. The highest BCUT2D eigenvalue weighted by atomic mass is 16.4. The predicted octanol–water partition coefficient (Wildman–Crippen LogP) is 1.88. The Bertz CT molecular complexity index is 500. The van der Waals surface area contributed by atoms with E-state index < -0.39 is 5.97 Å². The normalized spacial score (nSPS) is 11.4. The van der Waals surface area contributed by atoms with Gasteiger partial charge in [-0.1, -0.05) is 0 Å². The lowest BCUT2D eigenvalue weighted by Gasteiger charge is -2.22. The van der Waals surface area contributed by atoms with Crippen LogP contribution in [0.25, 0.3) is 0 Å². The van der Waals surface area contributed by atoms with Crippen molar-refractivity contribution in [2.24, 2.45) is 0 Å². The Labute approximate surface area is 119 Å². The van der Waals surface area contributed by atoms with E-state index in [1.807, 2.05) is 32.4 Å². The van der Waals surface area contributed by atoms with Crippen LogP contribution in [0.15, 0.2) is 6.20 Å². The minimum atomic E-state index is -0.845. The second-order valence-electron chi connectivity index (χ2n) is 5.95. The Morgan fingerprint density at radius 3 is 2.45 bits per heavy atom. The summed E-state index contributed by atoms with van der Waals surface area (Å²) in [6.07, 6.45) is 2.10. The van der Waals surface area contributed by atoms with Gasteiger partial charge in [0.15, 0.2) is 0 Å². The first-order valence-electron chi connectivity index (χ1n) is 6.67. The fraction of sp³-hybridized carbons (Fsp3) is 0.643. The molecule has 0 fully saturated rings. The predicted molar refractivity (Wildman–Crippen MR) is 75.8 cm³/mol. The molecule has 0 spiro atoms. The lowest BCUT2D eigenvalue weighted by Crippen LogP contribution is -2.29. The van der Waals surface area contributed by atoms with Crippen LogP contribution in [0, 0.1) is 6.92 Å². The smallest absolute Gasteiger partial charge is 0.303 e. The van der Waals surface area contributed by atoms with Crippen molar-refractivity contribution in [2.75, 3.05) is 13.6 Å². The largest absolute Gasteiger partial charge is 0.481 e. The maximum Gasteiger partial charge on any atom is 0.303 e. The van der Waals surface area contributed by atoms with Crippen molar-refractivity contribution in [1.29, 1.82) is 0 Å². The summed E-state index contributed by atoms with van der Waals surface area (Å²) in [6.45, 7) is 8.37. The summed E-state index contributed by atoms with van der Waals surface area (Å²) < 4.78 is 1.82. The van der Waals surface area contributed by atoms with Crippen LogP contribution in [-0.2, 0) is 10.3 Å². The van der Waals surface area contributed by atoms with Crippen LogP contribution < -0.4 is 0 Å². The summed E-state index contributed by atoms with van der Waals surface area (Å²) in [5.74, 6) is -0.967. The zero-order chi connectivity index (χ0) is 15.5. The number of hydrogen-bond acceptors (Lipinski definition) is 3. The molecule has 1 aromatic rings. The fourth-order valence-corrected chi connectivity index (χ4v) is 2.07. The van der Waals surface area contributed by atoms with E-state index in [0.717, 1.165) is 5.69 Å². The van der Waals surface area contributed by atoms with Crippen molar-refractivity contribution in [2.45, 2.75) is 46.1 Å². The van der Waals surface area contributed by atoms with Gasteiger partial charge in [0, 0.05) is 25.7 Å². The molecule has 0 atom stereocenters. The Kier molecular flexibility index (Phi) is 4.92. The van der Waals surface area contributed by atoms with Crippen LogP contribution >= 0.6 is 0 Å². The standard InChI is InChI=1S/C14H23N3O3/c1-10-11(9-15-17(10)14(2,3)4)13(20)16(5)8-6-7-12(18)19/h9H,6-8H2,1-5H3,(H,18,19). The molecule has 1 N–H and O–H groups in total. The number of rotatable bonds is 5. The van der Waals surface area contributed by atoms with Crippen molar-refractivity contribution in [3.8, 4) is 0 Å². The maximum absolute atomic E-state index is 12.3. The van der Waals surface area contributed by atoms with Crippen molar-refractivity contribution >= 4 is 11.9 Å². The van der Waals surface area contributed by atoms with Crippen LogP contribution in [-0.4, -0.2) is 45.3 Å². The molecule has 6 heteroatoms. The molecule has 0 bridgehead atoms. The van der Waals surface area contributed by atoms with Crippen molar-refractivity contribution in [3.63, 3.8) is 0 Å². The van der Waals surface area contributed by atoms with Gasteiger partial charge in [-0.3, -0.25) is 14.3 Å². The monoisotopic (exact) mass is 281 g/mol. The average Bonchev–Trinajstić information content (AvgIpc) is 2.69. The molecule has 1 rings (SSSR count). The zero-order valence-corrected chi connectivity index (χ0v) is 12.8. The van der Waals surface area contributed by atoms with Crippen LogP contribution in [0.4, 0.5) is 0 Å². The van der Waals surface area contributed by atoms with E-state index in [1.54, 1.807) is 18.1 Å². The molecule has 0 aliphatic rings. The number of hydrogen-bond donors (Lipinski definition) is 1. The van der Waals surface area contributed by atoms with E-state index in [2.05, 4.69) is 5.10 Å². The number of carbonyl (C=O) groups excluding carboxylic acids is 1. The summed E-state index contributed by atoms with van der Waals surface area (Å²) in [6, 6.07) is 0. The highest BCUT2D eigenvalue weighted by Gasteiger charge is 2.23. The van der Waals surface area contributed by atoms with Gasteiger partial charge in [0.25, 0.3) is 5.91 Å². The van der Waals surface area contributed by atoms with Crippen molar-refractivity contribution in [3.05, 3.63) is 17.5 Å². The first-order chi connectivity index (χ1) is 9.14. The Hall–Kier alpha value is -1.85. The van der Waals surface area contributed by atoms with Crippen LogP contribution in [0.5, 0.6) is 0 Å². The average molecular weight is 281 g/mol. The van der Waals surface area contributed by atoms with Crippen LogP contribution in [0.1, 0.15) is 49.7 Å². The molecule has 0 unspecified atom stereocenters. The Balaban J connectivity index is 2.78. The number of amides is 1. The summed E-state index contributed by atoms with van der Waals surface area (Å²) in [4.78, 5) is 24.3. The quantitative estimate of drug-likeness (QED) is 0.894. The molecule has 0 aromatic carbocycles. The molecule has 20 heavy (non-hydrogen) atoms. The number of carboxylic acids is 1. The third-order valence-corrected chi connectivity index (χ3v) is 3.11. The second-order valence-corrected chi connectivity index (χ2v) is 5.95. The van der Waals surface area contributed by atoms with Gasteiger partial charge < -0.3 is 10.0 Å². The number of aliphatic carboxylic acids is 1. The van der Waals surface area contributed by atoms with Gasteiger partial charge in [0.2, 0.25) is 0 Å². The molecule has 0 saturated heterocycles. The molecule has 1 amide bonds. The molecule has 0 saturated carbocycles. The first kappa shape index (κ1) is 16.2. The van der Waals surface area contributed by atoms with E-state index in [1.165, 1.54) is 0 Å². The van der Waals surface area contributed by atoms with Gasteiger partial charge >= 0.3 is 5.97 Å². The van der Waals surface area contributed by atoms with Gasteiger partial charge in [-0.15, -0.1) is 0 Å². The van der Waals surface area contributed by atoms with E-state index in [-0.39, 0.29) is 17.9 Å². The van der Waals surface area contributed by atoms with Crippen LogP contribution in [0.3, 0.4) is 0 Å². The number of carbonyl (C=O) groups is 2. The lowest BCUT2D eigenvalue weighted by molar-refractivity contribution is -0.137. The number of aromatic nitrogens is 2. The molecule has 0 aliphatic carbocycles. The summed E-state index contributed by atoms with van der Waals surface area (Å²) >= 11 is 0. The molecule has 6 nitrogen and oxygen atoms in total. The van der Waals surface area contributed by atoms with E-state index in [4.69, 9.17) is 5.11 Å². The molecular weight excluding hydrogens is 258 g/mol. The molecule has 112 valence electrons. The summed E-state index contributed by atoms with van der Waals surface area (Å²) in [5.41, 5.74) is 1.22. The molecule has 1 heterocycles. The topological polar surface area (TPSA) is 75.4 Å². The van der Waals surface area contributed by atoms with Gasteiger partial charge in [-0.25, -0.2) is 0 Å². The minimum Gasteiger partial charge on any atom is -0.481 e. The third-order valence-electron chi connectivity index (χ3n) is 3.11. The van der Waals surface area contributed by atoms with Crippen LogP contribution in [0.2, 0.25) is 0 Å². The summed E-state index contributed by atoms with van der Waals surface area (Å²) in [5, 5.41) is 12.9. The SMILES string of the molecule is Cc1c(C(=O)N(C)CCCC(=O)O)cnn1C(C)(C)C. The highest BCUT2D eigenvalue weighted by Crippen LogP contribution is 2.19. The van der Waals surface area contributed by atoms with E-state index >= 15 is 0 Å². The molecule has 0 radical (unpaired) electrons. The summed E-state index contributed by atoms with van der Waals surface area (Å²) in [7, 11) is 1.68. The van der Waals surface area contributed by atoms with Gasteiger partial charge in [-0.2, -0.15) is 5.10 Å². The molecular formula is C14H23N3O3. The third kappa shape index (κ3) is 3.82. The van der Waals surface area contributed by atoms with Gasteiger partial charge in [0.1, 0.15) is 0 Å². The van der Waals surface area contributed by atoms with E-state index in [9.17, 15) is 9.59 Å². The minimum absolute atomic E-state index is 0.0673. The van der Waals surface area contributed by atoms with Crippen molar-refractivity contribution < 1.29 is 14.7 Å². The van der Waals surface area contributed by atoms with Gasteiger partial charge in [0.05, 0.1) is 17.3 Å². The first-order valence-corrected chi connectivity index (χ1v) is 6.67. The number of carboxylic acid groups (broad SMARTS) is 1. The lowest BCUT2D eigenvalue weighted by atomic mass is 10.1.